The highest BCUT2D eigenvalue weighted by molar-refractivity contribution is 5.88. The van der Waals surface area contributed by atoms with E-state index < -0.39 is 0 Å². The summed E-state index contributed by atoms with van der Waals surface area (Å²) in [4.78, 5) is 17.4. The number of carbonyl (C=O) groups excluding carboxylic acids is 1. The van der Waals surface area contributed by atoms with E-state index in [1.807, 2.05) is 67.2 Å². The largest absolute Gasteiger partial charge is 0.352 e. The van der Waals surface area contributed by atoms with E-state index in [0.717, 1.165) is 41.0 Å². The maximum Gasteiger partial charge on any atom is 0.242 e. The van der Waals surface area contributed by atoms with Crippen LogP contribution in [0.25, 0.3) is 16.9 Å². The lowest BCUT2D eigenvalue weighted by atomic mass is 10.1. The van der Waals surface area contributed by atoms with Crippen LogP contribution in [0.1, 0.15) is 30.2 Å². The Bertz CT molecular complexity index is 1150. The summed E-state index contributed by atoms with van der Waals surface area (Å²) in [6, 6.07) is 16.4. The summed E-state index contributed by atoms with van der Waals surface area (Å²) in [5.41, 5.74) is 4.03. The quantitative estimate of drug-likeness (QED) is 0.509. The van der Waals surface area contributed by atoms with Crippen LogP contribution >= 0.6 is 0 Å². The van der Waals surface area contributed by atoms with E-state index in [2.05, 4.69) is 29.4 Å². The molecule has 1 N–H and O–H groups in total. The summed E-state index contributed by atoms with van der Waals surface area (Å²) < 4.78 is 3.67. The first-order valence-electron chi connectivity index (χ1n) is 10.3. The molecule has 0 aliphatic rings. The van der Waals surface area contributed by atoms with Crippen LogP contribution in [-0.2, 0) is 17.8 Å². The Hall–Kier alpha value is -3.41. The highest BCUT2D eigenvalue weighted by atomic mass is 16.2. The lowest BCUT2D eigenvalue weighted by Gasteiger charge is -2.14. The molecule has 0 radical (unpaired) electrons. The molecule has 6 heteroatoms. The summed E-state index contributed by atoms with van der Waals surface area (Å²) in [6.07, 6.45) is 5.74. The van der Waals surface area contributed by atoms with Crippen LogP contribution < -0.4 is 5.32 Å². The zero-order valence-corrected chi connectivity index (χ0v) is 17.7. The smallest absolute Gasteiger partial charge is 0.242 e. The van der Waals surface area contributed by atoms with Gasteiger partial charge < -0.3 is 9.88 Å². The molecule has 1 amide bonds. The van der Waals surface area contributed by atoms with E-state index in [1.54, 1.807) is 4.68 Å². The van der Waals surface area contributed by atoms with Gasteiger partial charge in [-0.2, -0.15) is 5.10 Å². The zero-order chi connectivity index (χ0) is 21.1. The second-order valence-corrected chi connectivity index (χ2v) is 7.84. The molecule has 0 saturated heterocycles. The van der Waals surface area contributed by atoms with Crippen LogP contribution in [0.5, 0.6) is 0 Å². The Balaban J connectivity index is 1.51. The molecular weight excluding hydrogens is 374 g/mol. The molecule has 0 aliphatic heterocycles. The Morgan fingerprint density at radius 1 is 1.10 bits per heavy atom. The van der Waals surface area contributed by atoms with Gasteiger partial charge in [0.25, 0.3) is 0 Å². The molecular formula is C24H27N5O. The van der Waals surface area contributed by atoms with E-state index in [1.165, 1.54) is 5.56 Å². The normalized spacial score (nSPS) is 12.2. The second-order valence-electron chi connectivity index (χ2n) is 7.84. The van der Waals surface area contributed by atoms with Gasteiger partial charge in [0, 0.05) is 24.1 Å². The molecule has 30 heavy (non-hydrogen) atoms. The monoisotopic (exact) mass is 401 g/mol. The Morgan fingerprint density at radius 2 is 1.83 bits per heavy atom. The lowest BCUT2D eigenvalue weighted by Crippen LogP contribution is -2.35. The standard InChI is InChI=1S/C24H27N5O/c1-17-15-19(3)26-23-22(17)24(28-13-7-8-14-28)27-29(23)16-21(30)25-18(2)11-12-20-9-5-4-6-10-20/h4-10,13-15,18H,11-12,16H2,1-3H3,(H,25,30)/t18-/m1/s1. The molecule has 4 aromatic rings. The first-order valence-corrected chi connectivity index (χ1v) is 10.3. The van der Waals surface area contributed by atoms with Gasteiger partial charge in [0.05, 0.1) is 5.39 Å². The molecule has 1 aromatic carbocycles. The van der Waals surface area contributed by atoms with Crippen molar-refractivity contribution in [3.05, 3.63) is 77.7 Å². The van der Waals surface area contributed by atoms with Crippen molar-refractivity contribution in [3.63, 3.8) is 0 Å². The molecule has 0 fully saturated rings. The van der Waals surface area contributed by atoms with Crippen LogP contribution in [0, 0.1) is 13.8 Å². The number of hydrogen-bond donors (Lipinski definition) is 1. The fraction of sp³-hybridized carbons (Fsp3) is 0.292. The van der Waals surface area contributed by atoms with E-state index in [0.29, 0.717) is 0 Å². The highest BCUT2D eigenvalue weighted by Gasteiger charge is 2.18. The SMILES string of the molecule is Cc1cc(C)c2c(-n3cccc3)nn(CC(=O)N[C@H](C)CCc3ccccc3)c2n1. The van der Waals surface area contributed by atoms with Crippen molar-refractivity contribution in [3.8, 4) is 5.82 Å². The number of aryl methyl sites for hydroxylation is 3. The molecule has 1 atom stereocenters. The molecule has 154 valence electrons. The molecule has 0 aliphatic carbocycles. The molecule has 3 heterocycles. The van der Waals surface area contributed by atoms with Crippen molar-refractivity contribution in [1.29, 1.82) is 0 Å². The maximum atomic E-state index is 12.7. The highest BCUT2D eigenvalue weighted by Crippen LogP contribution is 2.25. The number of carbonyl (C=O) groups is 1. The van der Waals surface area contributed by atoms with Gasteiger partial charge in [-0.25, -0.2) is 9.67 Å². The van der Waals surface area contributed by atoms with Gasteiger partial charge in [-0.15, -0.1) is 0 Å². The van der Waals surface area contributed by atoms with Gasteiger partial charge in [-0.1, -0.05) is 30.3 Å². The van der Waals surface area contributed by atoms with Crippen LogP contribution in [0.4, 0.5) is 0 Å². The number of rotatable bonds is 7. The summed E-state index contributed by atoms with van der Waals surface area (Å²) in [5.74, 6) is 0.741. The third-order valence-corrected chi connectivity index (χ3v) is 5.27. The zero-order valence-electron chi connectivity index (χ0n) is 17.7. The minimum absolute atomic E-state index is 0.0556. The summed E-state index contributed by atoms with van der Waals surface area (Å²) in [7, 11) is 0. The average molecular weight is 402 g/mol. The Kier molecular flexibility index (Phi) is 5.65. The van der Waals surface area contributed by atoms with Crippen molar-refractivity contribution in [2.24, 2.45) is 0 Å². The number of benzene rings is 1. The average Bonchev–Trinajstić information content (AvgIpc) is 3.36. The van der Waals surface area contributed by atoms with Crippen LogP contribution in [0.3, 0.4) is 0 Å². The van der Waals surface area contributed by atoms with Crippen LogP contribution in [-0.4, -0.2) is 31.3 Å². The third-order valence-electron chi connectivity index (χ3n) is 5.27. The number of nitrogens with one attached hydrogen (secondary N) is 1. The molecule has 4 rings (SSSR count). The van der Waals surface area contributed by atoms with Crippen molar-refractivity contribution in [2.75, 3.05) is 0 Å². The van der Waals surface area contributed by atoms with Gasteiger partial charge >= 0.3 is 0 Å². The minimum Gasteiger partial charge on any atom is -0.352 e. The predicted octanol–water partition coefficient (Wildman–Crippen LogP) is 3.98. The van der Waals surface area contributed by atoms with E-state index in [-0.39, 0.29) is 18.5 Å². The first-order chi connectivity index (χ1) is 14.5. The fourth-order valence-corrected chi connectivity index (χ4v) is 3.82. The van der Waals surface area contributed by atoms with Gasteiger partial charge in [-0.05, 0) is 62.9 Å². The number of amides is 1. The van der Waals surface area contributed by atoms with Crippen molar-refractivity contribution >= 4 is 16.9 Å². The van der Waals surface area contributed by atoms with Gasteiger partial charge in [0.15, 0.2) is 11.5 Å². The summed E-state index contributed by atoms with van der Waals surface area (Å²) >= 11 is 0. The van der Waals surface area contributed by atoms with Gasteiger partial charge in [0.1, 0.15) is 6.54 Å². The first kappa shape index (κ1) is 19.9. The van der Waals surface area contributed by atoms with Crippen molar-refractivity contribution in [1.82, 2.24) is 24.6 Å². The number of aromatic nitrogens is 4. The Morgan fingerprint density at radius 3 is 2.57 bits per heavy atom. The predicted molar refractivity (Wildman–Crippen MR) is 119 cm³/mol. The van der Waals surface area contributed by atoms with E-state index in [4.69, 9.17) is 5.10 Å². The number of fused-ring (bicyclic) bond motifs is 1. The molecule has 0 spiro atoms. The van der Waals surface area contributed by atoms with E-state index in [9.17, 15) is 4.79 Å². The summed E-state index contributed by atoms with van der Waals surface area (Å²) in [5, 5.41) is 8.81. The van der Waals surface area contributed by atoms with Crippen LogP contribution in [0.15, 0.2) is 60.9 Å². The molecule has 6 nitrogen and oxygen atoms in total. The van der Waals surface area contributed by atoms with E-state index >= 15 is 0 Å². The Labute approximate surface area is 176 Å². The molecule has 0 unspecified atom stereocenters. The maximum absolute atomic E-state index is 12.7. The second kappa shape index (κ2) is 8.53. The number of hydrogen-bond acceptors (Lipinski definition) is 3. The topological polar surface area (TPSA) is 64.7 Å². The fourth-order valence-electron chi connectivity index (χ4n) is 3.82. The lowest BCUT2D eigenvalue weighted by molar-refractivity contribution is -0.122. The van der Waals surface area contributed by atoms with Gasteiger partial charge in [-0.3, -0.25) is 4.79 Å². The third kappa shape index (κ3) is 4.27. The van der Waals surface area contributed by atoms with Crippen molar-refractivity contribution in [2.45, 2.75) is 46.2 Å². The van der Waals surface area contributed by atoms with Gasteiger partial charge in [0.2, 0.25) is 5.91 Å². The molecule has 0 saturated carbocycles. The minimum atomic E-state index is -0.0556. The number of pyridine rings is 1. The molecule has 3 aromatic heterocycles. The van der Waals surface area contributed by atoms with Crippen LogP contribution in [0.2, 0.25) is 0 Å². The molecule has 0 bridgehead atoms. The number of nitrogens with zero attached hydrogens (tertiary/aromatic N) is 4. The summed E-state index contributed by atoms with van der Waals surface area (Å²) in [6.45, 7) is 6.20. The van der Waals surface area contributed by atoms with Crippen molar-refractivity contribution < 1.29 is 4.79 Å².